The van der Waals surface area contributed by atoms with E-state index >= 15 is 0 Å². The number of carbonyl (C=O) groups is 2. The molecule has 8 nitrogen and oxygen atoms in total. The lowest BCUT2D eigenvalue weighted by Gasteiger charge is -2.28. The van der Waals surface area contributed by atoms with Gasteiger partial charge in [0.25, 0.3) is 5.91 Å². The van der Waals surface area contributed by atoms with Crippen molar-refractivity contribution < 1.29 is 14.3 Å². The molecule has 3 aromatic carbocycles. The van der Waals surface area contributed by atoms with Gasteiger partial charge in [0.05, 0.1) is 23.3 Å². The first-order valence-electron chi connectivity index (χ1n) is 10.4. The van der Waals surface area contributed by atoms with Gasteiger partial charge in [-0.05, 0) is 55.0 Å². The van der Waals surface area contributed by atoms with Crippen molar-refractivity contribution in [3.63, 3.8) is 0 Å². The number of urea groups is 1. The number of benzene rings is 3. The summed E-state index contributed by atoms with van der Waals surface area (Å²) < 4.78 is 5.85. The van der Waals surface area contributed by atoms with E-state index in [-0.39, 0.29) is 11.9 Å². The van der Waals surface area contributed by atoms with Crippen LogP contribution in [0, 0.1) is 0 Å². The second kappa shape index (κ2) is 8.51. The maximum absolute atomic E-state index is 13.2. The zero-order valence-corrected chi connectivity index (χ0v) is 17.8. The van der Waals surface area contributed by atoms with E-state index in [0.29, 0.717) is 22.7 Å². The molecule has 1 atom stereocenters. The SMILES string of the molecule is CC1=C(C(=O)Nc2ccc3[nH]ncc3c2)C(c2ccc(Oc3ccccc3)cc2)NC(=O)N1. The topological polar surface area (TPSA) is 108 Å². The van der Waals surface area contributed by atoms with E-state index in [2.05, 4.69) is 26.1 Å². The third-order valence-electron chi connectivity index (χ3n) is 5.40. The minimum atomic E-state index is -0.609. The van der Waals surface area contributed by atoms with Gasteiger partial charge in [0.15, 0.2) is 0 Å². The molecule has 3 amide bonds. The number of hydrogen-bond acceptors (Lipinski definition) is 4. The van der Waals surface area contributed by atoms with Crippen molar-refractivity contribution in [1.82, 2.24) is 20.8 Å². The third kappa shape index (κ3) is 4.27. The van der Waals surface area contributed by atoms with E-state index in [1.54, 1.807) is 19.2 Å². The molecular formula is C25H21N5O3. The number of H-pyrrole nitrogens is 1. The largest absolute Gasteiger partial charge is 0.457 e. The Balaban J connectivity index is 1.39. The van der Waals surface area contributed by atoms with E-state index in [1.807, 2.05) is 66.7 Å². The Kier molecular flexibility index (Phi) is 5.24. The lowest BCUT2D eigenvalue weighted by Crippen LogP contribution is -2.45. The van der Waals surface area contributed by atoms with E-state index in [9.17, 15) is 9.59 Å². The molecule has 5 rings (SSSR count). The maximum atomic E-state index is 13.2. The number of allylic oxidation sites excluding steroid dienone is 1. The summed E-state index contributed by atoms with van der Waals surface area (Å²) >= 11 is 0. The number of ether oxygens (including phenoxy) is 1. The van der Waals surface area contributed by atoms with Crippen LogP contribution < -0.4 is 20.7 Å². The summed E-state index contributed by atoms with van der Waals surface area (Å²) in [5.74, 6) is 1.08. The van der Waals surface area contributed by atoms with Crippen LogP contribution in [0.1, 0.15) is 18.5 Å². The predicted molar refractivity (Wildman–Crippen MR) is 125 cm³/mol. The van der Waals surface area contributed by atoms with Crippen molar-refractivity contribution in [2.24, 2.45) is 0 Å². The van der Waals surface area contributed by atoms with Crippen LogP contribution >= 0.6 is 0 Å². The highest BCUT2D eigenvalue weighted by atomic mass is 16.5. The monoisotopic (exact) mass is 439 g/mol. The van der Waals surface area contributed by atoms with Gasteiger partial charge < -0.3 is 20.7 Å². The third-order valence-corrected chi connectivity index (χ3v) is 5.40. The number of hydrogen-bond donors (Lipinski definition) is 4. The lowest BCUT2D eigenvalue weighted by molar-refractivity contribution is -0.113. The molecule has 1 aliphatic rings. The smallest absolute Gasteiger partial charge is 0.319 e. The number of nitrogens with zero attached hydrogens (tertiary/aromatic N) is 1. The molecule has 0 saturated carbocycles. The van der Waals surface area contributed by atoms with Gasteiger partial charge in [-0.15, -0.1) is 0 Å². The molecule has 0 bridgehead atoms. The first-order chi connectivity index (χ1) is 16.1. The molecule has 0 aliphatic carbocycles. The van der Waals surface area contributed by atoms with Crippen LogP contribution in [0.3, 0.4) is 0 Å². The summed E-state index contributed by atoms with van der Waals surface area (Å²) in [6, 6.07) is 21.3. The van der Waals surface area contributed by atoms with Crippen molar-refractivity contribution in [1.29, 1.82) is 0 Å². The van der Waals surface area contributed by atoms with Gasteiger partial charge in [0, 0.05) is 16.8 Å². The van der Waals surface area contributed by atoms with Crippen molar-refractivity contribution in [2.75, 3.05) is 5.32 Å². The average molecular weight is 439 g/mol. The van der Waals surface area contributed by atoms with Gasteiger partial charge in [0.1, 0.15) is 11.5 Å². The van der Waals surface area contributed by atoms with E-state index in [4.69, 9.17) is 4.74 Å². The number of amides is 3. The zero-order valence-electron chi connectivity index (χ0n) is 17.8. The highest BCUT2D eigenvalue weighted by molar-refractivity contribution is 6.07. The summed E-state index contributed by atoms with van der Waals surface area (Å²) in [5.41, 5.74) is 3.20. The second-order valence-electron chi connectivity index (χ2n) is 7.68. The van der Waals surface area contributed by atoms with Crippen LogP contribution in [0.5, 0.6) is 11.5 Å². The first kappa shape index (κ1) is 20.3. The molecular weight excluding hydrogens is 418 g/mol. The van der Waals surface area contributed by atoms with Crippen LogP contribution in [0.25, 0.3) is 10.9 Å². The van der Waals surface area contributed by atoms with Crippen LogP contribution in [0.4, 0.5) is 10.5 Å². The van der Waals surface area contributed by atoms with Gasteiger partial charge >= 0.3 is 6.03 Å². The number of anilines is 1. The minimum absolute atomic E-state index is 0.308. The summed E-state index contributed by atoms with van der Waals surface area (Å²) in [6.07, 6.45) is 1.69. The highest BCUT2D eigenvalue weighted by Crippen LogP contribution is 2.30. The number of para-hydroxylation sites is 1. The number of nitrogens with one attached hydrogen (secondary N) is 4. The van der Waals surface area contributed by atoms with Crippen LogP contribution in [0.2, 0.25) is 0 Å². The molecule has 0 fully saturated rings. The first-order valence-corrected chi connectivity index (χ1v) is 10.4. The average Bonchev–Trinajstić information content (AvgIpc) is 3.27. The lowest BCUT2D eigenvalue weighted by atomic mass is 9.94. The molecule has 0 spiro atoms. The number of carbonyl (C=O) groups excluding carboxylic acids is 2. The number of fused-ring (bicyclic) bond motifs is 1. The molecule has 4 N–H and O–H groups in total. The van der Waals surface area contributed by atoms with E-state index < -0.39 is 6.04 Å². The summed E-state index contributed by atoms with van der Waals surface area (Å²) in [4.78, 5) is 25.4. The van der Waals surface area contributed by atoms with E-state index in [1.165, 1.54) is 0 Å². The zero-order chi connectivity index (χ0) is 22.8. The Hall–Kier alpha value is -4.59. The predicted octanol–water partition coefficient (Wildman–Crippen LogP) is 4.62. The molecule has 4 aromatic rings. The van der Waals surface area contributed by atoms with Crippen LogP contribution in [-0.4, -0.2) is 22.1 Å². The summed E-state index contributed by atoms with van der Waals surface area (Å²) in [7, 11) is 0. The maximum Gasteiger partial charge on any atom is 0.319 e. The standard InChI is InChI=1S/C25H21N5O3/c1-15-22(24(31)28-18-9-12-21-17(13-18)14-26-30-21)23(29-25(32)27-15)16-7-10-20(11-8-16)33-19-5-3-2-4-6-19/h2-14,23H,1H3,(H,26,30)(H,28,31)(H2,27,29,32). The van der Waals surface area contributed by atoms with Gasteiger partial charge in [-0.25, -0.2) is 4.79 Å². The van der Waals surface area contributed by atoms with Gasteiger partial charge in [-0.1, -0.05) is 30.3 Å². The number of aromatic nitrogens is 2. The Labute approximate surface area is 189 Å². The molecule has 164 valence electrons. The molecule has 8 heteroatoms. The second-order valence-corrected chi connectivity index (χ2v) is 7.68. The Morgan fingerprint density at radius 2 is 1.76 bits per heavy atom. The van der Waals surface area contributed by atoms with Crippen molar-refractivity contribution in [3.05, 3.63) is 95.8 Å². The Bertz CT molecular complexity index is 1360. The highest BCUT2D eigenvalue weighted by Gasteiger charge is 2.31. The minimum Gasteiger partial charge on any atom is -0.457 e. The quantitative estimate of drug-likeness (QED) is 0.364. The fourth-order valence-corrected chi connectivity index (χ4v) is 3.82. The molecule has 1 aliphatic heterocycles. The van der Waals surface area contributed by atoms with Crippen LogP contribution in [0.15, 0.2) is 90.3 Å². The molecule has 0 saturated heterocycles. The Morgan fingerprint density at radius 1 is 1.00 bits per heavy atom. The number of rotatable bonds is 5. The number of aromatic amines is 1. The van der Waals surface area contributed by atoms with Crippen molar-refractivity contribution >= 4 is 28.5 Å². The molecule has 1 aromatic heterocycles. The van der Waals surface area contributed by atoms with Gasteiger partial charge in [0.2, 0.25) is 0 Å². The fourth-order valence-electron chi connectivity index (χ4n) is 3.82. The molecule has 33 heavy (non-hydrogen) atoms. The normalized spacial score (nSPS) is 15.7. The molecule has 1 unspecified atom stereocenters. The van der Waals surface area contributed by atoms with Crippen molar-refractivity contribution in [2.45, 2.75) is 13.0 Å². The van der Waals surface area contributed by atoms with E-state index in [0.717, 1.165) is 22.2 Å². The summed E-state index contributed by atoms with van der Waals surface area (Å²) in [5, 5.41) is 16.2. The van der Waals surface area contributed by atoms with Crippen molar-refractivity contribution in [3.8, 4) is 11.5 Å². The van der Waals surface area contributed by atoms with Gasteiger partial charge in [-0.2, -0.15) is 5.10 Å². The Morgan fingerprint density at radius 3 is 2.55 bits per heavy atom. The van der Waals surface area contributed by atoms with Crippen LogP contribution in [-0.2, 0) is 4.79 Å². The summed E-state index contributed by atoms with van der Waals surface area (Å²) in [6.45, 7) is 1.72. The molecule has 0 radical (unpaired) electrons. The van der Waals surface area contributed by atoms with Gasteiger partial charge in [-0.3, -0.25) is 9.89 Å². The fraction of sp³-hybridized carbons (Fsp3) is 0.0800. The molecule has 2 heterocycles.